The van der Waals surface area contributed by atoms with Gasteiger partial charge in [-0.1, -0.05) is 36.4 Å². The molecule has 0 bridgehead atoms. The van der Waals surface area contributed by atoms with Crippen LogP contribution in [0.5, 0.6) is 5.75 Å². The normalized spacial score (nSPS) is 17.0. The second kappa shape index (κ2) is 8.03. The number of ether oxygens (including phenoxy) is 1. The van der Waals surface area contributed by atoms with Crippen LogP contribution in [0.25, 0.3) is 0 Å². The van der Waals surface area contributed by atoms with Gasteiger partial charge in [-0.25, -0.2) is 0 Å². The molecular formula is C21H22N2O4. The van der Waals surface area contributed by atoms with Crippen molar-refractivity contribution in [2.24, 2.45) is 0 Å². The highest BCUT2D eigenvalue weighted by molar-refractivity contribution is 6.35. The van der Waals surface area contributed by atoms with Crippen molar-refractivity contribution in [1.29, 1.82) is 0 Å². The lowest BCUT2D eigenvalue weighted by molar-refractivity contribution is -0.147. The van der Waals surface area contributed by atoms with Crippen LogP contribution < -0.4 is 9.64 Å². The largest absolute Gasteiger partial charge is 0.497 e. The number of hydrogen-bond donors (Lipinski definition) is 0. The molecule has 0 radical (unpaired) electrons. The summed E-state index contributed by atoms with van der Waals surface area (Å²) in [6.07, 6.45) is 0.563. The van der Waals surface area contributed by atoms with E-state index in [1.54, 1.807) is 18.1 Å². The van der Waals surface area contributed by atoms with Gasteiger partial charge in [-0.3, -0.25) is 14.4 Å². The topological polar surface area (TPSA) is 66.9 Å². The van der Waals surface area contributed by atoms with Gasteiger partial charge in [0.25, 0.3) is 5.91 Å². The van der Waals surface area contributed by atoms with E-state index < -0.39 is 11.7 Å². The van der Waals surface area contributed by atoms with Gasteiger partial charge in [0, 0.05) is 25.2 Å². The fourth-order valence-electron chi connectivity index (χ4n) is 3.30. The number of amides is 2. The molecule has 0 N–H and O–H groups in total. The second-order valence-electron chi connectivity index (χ2n) is 6.54. The maximum Gasteiger partial charge on any atom is 0.290 e. The van der Waals surface area contributed by atoms with Gasteiger partial charge in [0.1, 0.15) is 12.3 Å². The van der Waals surface area contributed by atoms with Crippen LogP contribution in [0, 0.1) is 0 Å². The highest BCUT2D eigenvalue weighted by Crippen LogP contribution is 2.25. The lowest BCUT2D eigenvalue weighted by Gasteiger charge is -2.40. The zero-order chi connectivity index (χ0) is 19.4. The van der Waals surface area contributed by atoms with Crippen molar-refractivity contribution in [3.63, 3.8) is 0 Å². The zero-order valence-corrected chi connectivity index (χ0v) is 15.4. The molecule has 2 aromatic carbocycles. The van der Waals surface area contributed by atoms with E-state index in [9.17, 15) is 14.4 Å². The van der Waals surface area contributed by atoms with E-state index in [0.717, 1.165) is 5.56 Å². The van der Waals surface area contributed by atoms with E-state index >= 15 is 0 Å². The molecule has 1 fully saturated rings. The number of anilines is 1. The third-order valence-corrected chi connectivity index (χ3v) is 4.68. The predicted octanol–water partition coefficient (Wildman–Crippen LogP) is 2.07. The Morgan fingerprint density at radius 1 is 1.11 bits per heavy atom. The zero-order valence-electron chi connectivity index (χ0n) is 15.4. The maximum absolute atomic E-state index is 12.7. The van der Waals surface area contributed by atoms with E-state index in [1.807, 2.05) is 48.5 Å². The molecule has 140 valence electrons. The first-order chi connectivity index (χ1) is 13.0. The molecule has 2 aromatic rings. The summed E-state index contributed by atoms with van der Waals surface area (Å²) in [7, 11) is 1.57. The van der Waals surface area contributed by atoms with Crippen LogP contribution in [0.3, 0.4) is 0 Å². The standard InChI is InChI=1S/C21H22N2O4/c1-15(24)21(26)23-14-20(25)22(17-9-6-10-19(12-17)27-2)13-18(23)11-16-7-4-3-5-8-16/h3-10,12,18H,11,13-14H2,1-2H3. The fraction of sp³-hybridized carbons (Fsp3) is 0.286. The van der Waals surface area contributed by atoms with Gasteiger partial charge in [-0.15, -0.1) is 0 Å². The first-order valence-electron chi connectivity index (χ1n) is 8.79. The van der Waals surface area contributed by atoms with E-state index in [2.05, 4.69) is 0 Å². The van der Waals surface area contributed by atoms with E-state index in [4.69, 9.17) is 4.74 Å². The number of Topliss-reactive ketones (excluding diaryl/α,β-unsaturated/α-hetero) is 1. The first kappa shape index (κ1) is 18.6. The Balaban J connectivity index is 1.90. The van der Waals surface area contributed by atoms with Gasteiger partial charge in [0.2, 0.25) is 11.7 Å². The van der Waals surface area contributed by atoms with Crippen LogP contribution in [-0.4, -0.2) is 48.7 Å². The summed E-state index contributed by atoms with van der Waals surface area (Å²) < 4.78 is 5.25. The Kier molecular flexibility index (Phi) is 5.54. The van der Waals surface area contributed by atoms with E-state index in [-0.39, 0.29) is 18.5 Å². The van der Waals surface area contributed by atoms with Crippen molar-refractivity contribution in [3.8, 4) is 5.75 Å². The SMILES string of the molecule is COc1cccc(N2CC(Cc3ccccc3)N(C(=O)C(C)=O)CC2=O)c1. The third-order valence-electron chi connectivity index (χ3n) is 4.68. The van der Waals surface area contributed by atoms with E-state index in [0.29, 0.717) is 24.4 Å². The number of carbonyl (C=O) groups is 3. The number of carbonyl (C=O) groups excluding carboxylic acids is 3. The molecule has 6 heteroatoms. The summed E-state index contributed by atoms with van der Waals surface area (Å²) in [6, 6.07) is 16.7. The maximum atomic E-state index is 12.7. The molecular weight excluding hydrogens is 344 g/mol. The van der Waals surface area contributed by atoms with Gasteiger partial charge in [0.05, 0.1) is 13.2 Å². The van der Waals surface area contributed by atoms with Crippen LogP contribution in [0.1, 0.15) is 12.5 Å². The molecule has 1 atom stereocenters. The monoisotopic (exact) mass is 366 g/mol. The summed E-state index contributed by atoms with van der Waals surface area (Å²) >= 11 is 0. The number of rotatable bonds is 5. The number of methoxy groups -OCH3 is 1. The average molecular weight is 366 g/mol. The van der Waals surface area contributed by atoms with Crippen molar-refractivity contribution in [1.82, 2.24) is 4.90 Å². The molecule has 0 spiro atoms. The summed E-state index contributed by atoms with van der Waals surface area (Å²) in [5, 5.41) is 0. The quantitative estimate of drug-likeness (QED) is 0.760. The van der Waals surface area contributed by atoms with Crippen LogP contribution in [0.4, 0.5) is 5.69 Å². The Morgan fingerprint density at radius 3 is 2.52 bits per heavy atom. The van der Waals surface area contributed by atoms with Gasteiger partial charge in [0.15, 0.2) is 0 Å². The summed E-state index contributed by atoms with van der Waals surface area (Å²) in [6.45, 7) is 1.44. The summed E-state index contributed by atoms with van der Waals surface area (Å²) in [5.41, 5.74) is 1.76. The molecule has 1 heterocycles. The smallest absolute Gasteiger partial charge is 0.290 e. The molecule has 0 aromatic heterocycles. The highest BCUT2D eigenvalue weighted by atomic mass is 16.5. The molecule has 1 aliphatic rings. The Labute approximate surface area is 158 Å². The molecule has 3 rings (SSSR count). The minimum atomic E-state index is -0.616. The Bertz CT molecular complexity index is 850. The summed E-state index contributed by atoms with van der Waals surface area (Å²) in [5.74, 6) is -0.741. The summed E-state index contributed by atoms with van der Waals surface area (Å²) in [4.78, 5) is 39.8. The average Bonchev–Trinajstić information content (AvgIpc) is 2.69. The fourth-order valence-corrected chi connectivity index (χ4v) is 3.30. The van der Waals surface area contributed by atoms with Crippen molar-refractivity contribution in [3.05, 3.63) is 60.2 Å². The molecule has 1 aliphatic heterocycles. The minimum Gasteiger partial charge on any atom is -0.497 e. The lowest BCUT2D eigenvalue weighted by atomic mass is 10.0. The van der Waals surface area contributed by atoms with Crippen LogP contribution >= 0.6 is 0 Å². The number of ketones is 1. The van der Waals surface area contributed by atoms with Crippen molar-refractivity contribution < 1.29 is 19.1 Å². The molecule has 27 heavy (non-hydrogen) atoms. The number of hydrogen-bond acceptors (Lipinski definition) is 4. The molecule has 6 nitrogen and oxygen atoms in total. The van der Waals surface area contributed by atoms with Gasteiger partial charge < -0.3 is 14.5 Å². The Hall–Kier alpha value is -3.15. The van der Waals surface area contributed by atoms with Gasteiger partial charge in [-0.2, -0.15) is 0 Å². The third kappa shape index (κ3) is 4.16. The van der Waals surface area contributed by atoms with Crippen molar-refractivity contribution in [2.75, 3.05) is 25.1 Å². The molecule has 0 aliphatic carbocycles. The molecule has 1 unspecified atom stereocenters. The second-order valence-corrected chi connectivity index (χ2v) is 6.54. The van der Waals surface area contributed by atoms with Crippen molar-refractivity contribution in [2.45, 2.75) is 19.4 Å². The van der Waals surface area contributed by atoms with Crippen molar-refractivity contribution >= 4 is 23.3 Å². The first-order valence-corrected chi connectivity index (χ1v) is 8.79. The predicted molar refractivity (Wildman–Crippen MR) is 102 cm³/mol. The van der Waals surface area contributed by atoms with Crippen LogP contribution in [0.2, 0.25) is 0 Å². The molecule has 1 saturated heterocycles. The van der Waals surface area contributed by atoms with Crippen LogP contribution in [0.15, 0.2) is 54.6 Å². The lowest BCUT2D eigenvalue weighted by Crippen LogP contribution is -2.60. The molecule has 0 saturated carbocycles. The minimum absolute atomic E-state index is 0.118. The molecule has 2 amide bonds. The number of benzene rings is 2. The van der Waals surface area contributed by atoms with Gasteiger partial charge in [-0.05, 0) is 24.1 Å². The van der Waals surface area contributed by atoms with E-state index in [1.165, 1.54) is 11.8 Å². The number of piperazine rings is 1. The number of nitrogens with zero attached hydrogens (tertiary/aromatic N) is 2. The Morgan fingerprint density at radius 2 is 1.85 bits per heavy atom. The van der Waals surface area contributed by atoms with Gasteiger partial charge >= 0.3 is 0 Å². The highest BCUT2D eigenvalue weighted by Gasteiger charge is 2.37. The van der Waals surface area contributed by atoms with Crippen LogP contribution in [-0.2, 0) is 20.8 Å².